The normalized spacial score (nSPS) is 28.6. The summed E-state index contributed by atoms with van der Waals surface area (Å²) in [6, 6.07) is 0. The van der Waals surface area contributed by atoms with Crippen molar-refractivity contribution in [3.8, 4) is 17.2 Å². The largest absolute Gasteiger partial charge is 0.507 e. The summed E-state index contributed by atoms with van der Waals surface area (Å²) in [7, 11) is 3.14. The van der Waals surface area contributed by atoms with Crippen LogP contribution in [0.2, 0.25) is 0 Å². The van der Waals surface area contributed by atoms with Crippen LogP contribution in [0.1, 0.15) is 101 Å². The van der Waals surface area contributed by atoms with E-state index in [0.29, 0.717) is 18.5 Å². The molecule has 2 aliphatic rings. The molecule has 9 atom stereocenters. The molecular formula is C46H60N2O13. The highest BCUT2D eigenvalue weighted by Gasteiger charge is 2.50. The summed E-state index contributed by atoms with van der Waals surface area (Å²) in [6.07, 6.45) is 4.59. The van der Waals surface area contributed by atoms with Gasteiger partial charge in [-0.3, -0.25) is 14.4 Å². The van der Waals surface area contributed by atoms with Gasteiger partial charge in [0.15, 0.2) is 5.75 Å². The number of anilines is 1. The fourth-order valence-corrected chi connectivity index (χ4v) is 8.70. The molecule has 332 valence electrons. The van der Waals surface area contributed by atoms with Crippen molar-refractivity contribution >= 4 is 51.0 Å². The number of benzene rings is 2. The zero-order valence-corrected chi connectivity index (χ0v) is 37.0. The Morgan fingerprint density at radius 2 is 1.62 bits per heavy atom. The first-order chi connectivity index (χ1) is 28.7. The topological polar surface area (TPSA) is 212 Å². The number of hydrogen-bond acceptors (Lipinski definition) is 13. The monoisotopic (exact) mass is 848 g/mol. The van der Waals surface area contributed by atoms with Gasteiger partial charge in [0.1, 0.15) is 17.6 Å². The van der Waals surface area contributed by atoms with Gasteiger partial charge in [-0.25, -0.2) is 4.79 Å². The molecule has 2 aromatic carbocycles. The van der Waals surface area contributed by atoms with Crippen LogP contribution >= 0.6 is 0 Å². The summed E-state index contributed by atoms with van der Waals surface area (Å²) in [5.74, 6) is -8.22. The molecule has 1 aromatic heterocycles. The number of amides is 1. The van der Waals surface area contributed by atoms with Crippen molar-refractivity contribution < 1.29 is 63.3 Å². The van der Waals surface area contributed by atoms with E-state index in [2.05, 4.69) is 5.32 Å². The number of Topliss-reactive ketones (excluding diaryl/α,β-unsaturated/α-hetero) is 1. The van der Waals surface area contributed by atoms with Crippen molar-refractivity contribution in [2.24, 2.45) is 30.7 Å². The number of allylic oxidation sites excluding steroid dienone is 2. The second-order valence-electron chi connectivity index (χ2n) is 16.4. The van der Waals surface area contributed by atoms with Crippen molar-refractivity contribution in [3.63, 3.8) is 0 Å². The number of carbonyl (C=O) groups excluding carboxylic acids is 4. The molecule has 61 heavy (non-hydrogen) atoms. The Morgan fingerprint density at radius 3 is 2.23 bits per heavy atom. The van der Waals surface area contributed by atoms with Crippen LogP contribution in [-0.4, -0.2) is 92.5 Å². The van der Waals surface area contributed by atoms with E-state index in [1.807, 2.05) is 6.92 Å². The molecule has 3 heterocycles. The smallest absolute Gasteiger partial charge is 0.340 e. The van der Waals surface area contributed by atoms with Crippen molar-refractivity contribution in [1.82, 2.24) is 4.57 Å². The minimum atomic E-state index is -2.02. The maximum Gasteiger partial charge on any atom is 0.340 e. The molecule has 0 fully saturated rings. The molecule has 0 spiro atoms. The van der Waals surface area contributed by atoms with E-state index < -0.39 is 89.0 Å². The lowest BCUT2D eigenvalue weighted by Gasteiger charge is -2.38. The van der Waals surface area contributed by atoms with E-state index in [-0.39, 0.29) is 62.0 Å². The van der Waals surface area contributed by atoms with Crippen molar-refractivity contribution in [1.29, 1.82) is 0 Å². The maximum absolute atomic E-state index is 14.8. The van der Waals surface area contributed by atoms with Crippen LogP contribution in [0.25, 0.3) is 21.7 Å². The lowest BCUT2D eigenvalue weighted by atomic mass is 9.78. The number of phenols is 2. The van der Waals surface area contributed by atoms with E-state index in [1.54, 1.807) is 58.4 Å². The summed E-state index contributed by atoms with van der Waals surface area (Å²) in [5, 5.41) is 49.8. The van der Waals surface area contributed by atoms with Crippen LogP contribution in [0.3, 0.4) is 0 Å². The van der Waals surface area contributed by atoms with E-state index in [0.717, 1.165) is 0 Å². The number of methoxy groups -OCH3 is 1. The highest BCUT2D eigenvalue weighted by atomic mass is 16.7. The summed E-state index contributed by atoms with van der Waals surface area (Å²) in [6.45, 7) is 16.3. The summed E-state index contributed by atoms with van der Waals surface area (Å²) in [5.41, 5.74) is 0.870. The molecule has 5 rings (SSSR count). The maximum atomic E-state index is 14.8. The van der Waals surface area contributed by atoms with Crippen molar-refractivity contribution in [2.45, 2.75) is 112 Å². The lowest BCUT2D eigenvalue weighted by molar-refractivity contribution is -0.160. The molecule has 0 radical (unpaired) electrons. The van der Waals surface area contributed by atoms with E-state index >= 15 is 0 Å². The van der Waals surface area contributed by atoms with Gasteiger partial charge in [0.2, 0.25) is 0 Å². The molecule has 15 nitrogen and oxygen atoms in total. The third kappa shape index (κ3) is 8.35. The molecule has 1 amide bonds. The molecule has 2 aliphatic heterocycles. The first-order valence-electron chi connectivity index (χ1n) is 20.7. The molecule has 0 saturated heterocycles. The Bertz CT molecular complexity index is 2320. The molecular weight excluding hydrogens is 789 g/mol. The second kappa shape index (κ2) is 18.3. The first-order valence-corrected chi connectivity index (χ1v) is 20.7. The number of carbonyl (C=O) groups is 4. The number of aliphatic hydroxyl groups is 2. The fourth-order valence-electron chi connectivity index (χ4n) is 8.70. The van der Waals surface area contributed by atoms with Gasteiger partial charge in [-0.2, -0.15) is 0 Å². The Morgan fingerprint density at radius 1 is 0.951 bits per heavy atom. The second-order valence-corrected chi connectivity index (χ2v) is 16.4. The number of aromatic hydroxyl groups is 2. The average molecular weight is 849 g/mol. The number of aromatic nitrogens is 1. The van der Waals surface area contributed by atoms with Gasteiger partial charge in [-0.1, -0.05) is 59.3 Å². The van der Waals surface area contributed by atoms with Gasteiger partial charge in [-0.15, -0.1) is 0 Å². The minimum Gasteiger partial charge on any atom is -0.507 e. The quantitative estimate of drug-likeness (QED) is 0.130. The average Bonchev–Trinajstić information content (AvgIpc) is 3.65. The number of nitrogens with one attached hydrogen (secondary N) is 1. The van der Waals surface area contributed by atoms with Crippen LogP contribution in [0, 0.1) is 30.6 Å². The van der Waals surface area contributed by atoms with Crippen LogP contribution < -0.4 is 10.1 Å². The summed E-state index contributed by atoms with van der Waals surface area (Å²) < 4.78 is 31.2. The van der Waals surface area contributed by atoms with Gasteiger partial charge >= 0.3 is 17.7 Å². The molecule has 9 unspecified atom stereocenters. The molecule has 5 N–H and O–H groups in total. The number of phenolic OH excluding ortho intramolecular Hbond substituents is 2. The third-order valence-corrected chi connectivity index (χ3v) is 12.2. The SMILES string of the molecule is CCCc1c(C(=O)OCC)c2c3c(O)c4c(O)c(C)c5c(c4c2n1C)C(=O)C(C)(O/C=C/C(OC)C(C)C(OC(C)=O)C(C)C(O)C(C)C(O)C(C)/C=C\C=C(C)C(=O)N3)O5. The molecule has 3 aromatic rings. The Kier molecular flexibility index (Phi) is 14.0. The number of rotatable bonds is 6. The van der Waals surface area contributed by atoms with Crippen LogP contribution in [0.5, 0.6) is 17.2 Å². The van der Waals surface area contributed by atoms with E-state index in [4.69, 9.17) is 23.7 Å². The van der Waals surface area contributed by atoms with Gasteiger partial charge in [0, 0.05) is 79.3 Å². The minimum absolute atomic E-state index is 0.0182. The number of nitrogens with zero attached hydrogens (tertiary/aromatic N) is 1. The first kappa shape index (κ1) is 46.7. The molecule has 4 bridgehead atoms. The van der Waals surface area contributed by atoms with Crippen molar-refractivity contribution in [3.05, 3.63) is 58.5 Å². The Labute approximate surface area is 355 Å². The standard InChI is InChI=1S/C46H60N2O13/c1-13-16-28-30(45(56)58-14-2)32-35-40(53)33-31(36(32)48(28)11)34-42(26(8)39(33)52)61-46(10,43(34)54)59-20-19-29(57-12)23(5)41(60-27(9)49)25(7)38(51)24(6)37(50)21(3)17-15-18-22(4)44(55)47-35/h15,17-21,23-25,29,37-38,41,50-53H,13-14,16H2,1-12H3,(H,47,55)/b17-15-,20-19+,22-18?. The fraction of sp³-hybridized carbons (Fsp3) is 0.522. The number of aliphatic hydroxyl groups excluding tert-OH is 2. The molecule has 0 saturated carbocycles. The Hall–Kier alpha value is -5.38. The molecule has 15 heteroatoms. The van der Waals surface area contributed by atoms with Gasteiger partial charge in [-0.05, 0) is 33.3 Å². The van der Waals surface area contributed by atoms with E-state index in [1.165, 1.54) is 53.2 Å². The van der Waals surface area contributed by atoms with Gasteiger partial charge in [0.25, 0.3) is 11.7 Å². The number of hydrogen-bond donors (Lipinski definition) is 5. The zero-order chi connectivity index (χ0) is 45.4. The predicted molar refractivity (Wildman–Crippen MR) is 229 cm³/mol. The van der Waals surface area contributed by atoms with Crippen LogP contribution in [0.15, 0.2) is 36.1 Å². The number of ketones is 1. The van der Waals surface area contributed by atoms with Gasteiger partial charge < -0.3 is 54.0 Å². The Balaban J connectivity index is 1.84. The van der Waals surface area contributed by atoms with Gasteiger partial charge in [0.05, 0.1) is 58.9 Å². The van der Waals surface area contributed by atoms with E-state index in [9.17, 15) is 39.6 Å². The summed E-state index contributed by atoms with van der Waals surface area (Å²) >= 11 is 0. The number of fused-ring (bicyclic) bond motifs is 1. The lowest BCUT2D eigenvalue weighted by Crippen LogP contribution is -2.46. The molecule has 0 aliphatic carbocycles. The highest BCUT2D eigenvalue weighted by Crippen LogP contribution is 2.55. The van der Waals surface area contributed by atoms with Crippen LogP contribution in [-0.2, 0) is 42.0 Å². The van der Waals surface area contributed by atoms with Crippen LogP contribution in [0.4, 0.5) is 5.69 Å². The number of esters is 2. The zero-order valence-electron chi connectivity index (χ0n) is 37.0. The summed E-state index contributed by atoms with van der Waals surface area (Å²) in [4.78, 5) is 55.1. The third-order valence-electron chi connectivity index (χ3n) is 12.2. The highest BCUT2D eigenvalue weighted by molar-refractivity contribution is 6.31. The number of aryl methyl sites for hydroxylation is 1. The number of ether oxygens (including phenoxy) is 5. The predicted octanol–water partition coefficient (Wildman–Crippen LogP) is 6.67. The van der Waals surface area contributed by atoms with Crippen molar-refractivity contribution in [2.75, 3.05) is 19.0 Å².